The van der Waals surface area contributed by atoms with Gasteiger partial charge in [0.05, 0.1) is 11.4 Å². The van der Waals surface area contributed by atoms with Crippen molar-refractivity contribution in [1.29, 1.82) is 0 Å². The average molecular weight is 377 g/mol. The molecule has 1 fully saturated rings. The van der Waals surface area contributed by atoms with Crippen LogP contribution >= 0.6 is 0 Å². The molecule has 4 rings (SSSR count). The van der Waals surface area contributed by atoms with Gasteiger partial charge in [-0.2, -0.15) is 9.40 Å². The molecule has 0 N–H and O–H groups in total. The minimum atomic E-state index is -3.64. The van der Waals surface area contributed by atoms with Crippen LogP contribution in [0.3, 0.4) is 0 Å². The van der Waals surface area contributed by atoms with Crippen molar-refractivity contribution < 1.29 is 22.6 Å². The van der Waals surface area contributed by atoms with Crippen molar-refractivity contribution in [3.05, 3.63) is 36.5 Å². The second-order valence-electron chi connectivity index (χ2n) is 6.11. The molecule has 0 bridgehead atoms. The zero-order valence-corrected chi connectivity index (χ0v) is 14.9. The SMILES string of the molecule is O=S(=O)(c1ccc2c(c1)OCCO2)N1CCCC(Oc2cccnn2)C1. The lowest BCUT2D eigenvalue weighted by molar-refractivity contribution is 0.123. The van der Waals surface area contributed by atoms with Crippen LogP contribution < -0.4 is 14.2 Å². The maximum atomic E-state index is 13.0. The highest BCUT2D eigenvalue weighted by Crippen LogP contribution is 2.33. The molecule has 2 aliphatic rings. The van der Waals surface area contributed by atoms with Gasteiger partial charge in [0.2, 0.25) is 15.9 Å². The summed E-state index contributed by atoms with van der Waals surface area (Å²) in [4.78, 5) is 0.196. The number of hydrogen-bond acceptors (Lipinski definition) is 7. The molecule has 26 heavy (non-hydrogen) atoms. The summed E-state index contributed by atoms with van der Waals surface area (Å²) in [6.45, 7) is 1.60. The van der Waals surface area contributed by atoms with E-state index in [2.05, 4.69) is 10.2 Å². The molecule has 1 atom stereocenters. The molecule has 1 unspecified atom stereocenters. The van der Waals surface area contributed by atoms with E-state index in [1.807, 2.05) is 0 Å². The molecule has 1 aromatic heterocycles. The monoisotopic (exact) mass is 377 g/mol. The van der Waals surface area contributed by atoms with Gasteiger partial charge >= 0.3 is 0 Å². The Bertz CT molecular complexity index is 875. The van der Waals surface area contributed by atoms with Crippen LogP contribution in [0.2, 0.25) is 0 Å². The summed E-state index contributed by atoms with van der Waals surface area (Å²) < 4.78 is 44.2. The van der Waals surface area contributed by atoms with Crippen LogP contribution in [-0.4, -0.2) is 55.3 Å². The van der Waals surface area contributed by atoms with Crippen molar-refractivity contribution in [3.8, 4) is 17.4 Å². The van der Waals surface area contributed by atoms with Gasteiger partial charge in [0.1, 0.15) is 19.3 Å². The minimum absolute atomic E-state index is 0.196. The fourth-order valence-electron chi connectivity index (χ4n) is 3.07. The number of ether oxygens (including phenoxy) is 3. The summed E-state index contributed by atoms with van der Waals surface area (Å²) in [5.41, 5.74) is 0. The normalized spacial score (nSPS) is 20.5. The van der Waals surface area contributed by atoms with E-state index in [9.17, 15) is 8.42 Å². The van der Waals surface area contributed by atoms with Gasteiger partial charge in [-0.25, -0.2) is 8.42 Å². The van der Waals surface area contributed by atoms with E-state index in [4.69, 9.17) is 14.2 Å². The fourth-order valence-corrected chi connectivity index (χ4v) is 4.60. The van der Waals surface area contributed by atoms with Gasteiger partial charge in [-0.05, 0) is 31.0 Å². The molecule has 2 aromatic rings. The molecule has 138 valence electrons. The van der Waals surface area contributed by atoms with Crippen molar-refractivity contribution in [2.45, 2.75) is 23.8 Å². The molecule has 1 aromatic carbocycles. The van der Waals surface area contributed by atoms with Gasteiger partial charge in [0, 0.05) is 24.9 Å². The number of sulfonamides is 1. The number of hydrogen-bond donors (Lipinski definition) is 0. The third-order valence-electron chi connectivity index (χ3n) is 4.33. The molecule has 8 nitrogen and oxygen atoms in total. The van der Waals surface area contributed by atoms with Crippen molar-refractivity contribution in [2.75, 3.05) is 26.3 Å². The van der Waals surface area contributed by atoms with Crippen molar-refractivity contribution >= 4 is 10.0 Å². The molecule has 3 heterocycles. The fraction of sp³-hybridized carbons (Fsp3) is 0.412. The van der Waals surface area contributed by atoms with Crippen LogP contribution in [0.25, 0.3) is 0 Å². The molecule has 1 saturated heterocycles. The first-order chi connectivity index (χ1) is 12.6. The lowest BCUT2D eigenvalue weighted by atomic mass is 10.1. The molecule has 0 saturated carbocycles. The molecule has 9 heteroatoms. The Balaban J connectivity index is 1.52. The van der Waals surface area contributed by atoms with Gasteiger partial charge in [-0.3, -0.25) is 0 Å². The Labute approximate surface area is 151 Å². The summed E-state index contributed by atoms with van der Waals surface area (Å²) in [6.07, 6.45) is 2.79. The lowest BCUT2D eigenvalue weighted by Crippen LogP contribution is -2.44. The van der Waals surface area contributed by atoms with Gasteiger partial charge in [-0.1, -0.05) is 0 Å². The summed E-state index contributed by atoms with van der Waals surface area (Å²) in [6, 6.07) is 8.15. The molecule has 0 spiro atoms. The van der Waals surface area contributed by atoms with Crippen molar-refractivity contribution in [1.82, 2.24) is 14.5 Å². The van der Waals surface area contributed by atoms with Crippen molar-refractivity contribution in [3.63, 3.8) is 0 Å². The first-order valence-electron chi connectivity index (χ1n) is 8.47. The number of rotatable bonds is 4. The maximum Gasteiger partial charge on any atom is 0.243 e. The number of benzene rings is 1. The zero-order valence-electron chi connectivity index (χ0n) is 14.1. The van der Waals surface area contributed by atoms with E-state index in [-0.39, 0.29) is 17.5 Å². The molecule has 0 aliphatic carbocycles. The molecule has 0 radical (unpaired) electrons. The second kappa shape index (κ2) is 7.08. The van der Waals surface area contributed by atoms with Gasteiger partial charge in [-0.15, -0.1) is 5.10 Å². The summed E-state index contributed by atoms with van der Waals surface area (Å²) >= 11 is 0. The van der Waals surface area contributed by atoms with E-state index < -0.39 is 10.0 Å². The first kappa shape index (κ1) is 17.0. The Morgan fingerprint density at radius 2 is 2.00 bits per heavy atom. The molecular weight excluding hydrogens is 358 g/mol. The Morgan fingerprint density at radius 1 is 1.15 bits per heavy atom. The van der Waals surface area contributed by atoms with Crippen LogP contribution in [-0.2, 0) is 10.0 Å². The summed E-state index contributed by atoms with van der Waals surface area (Å²) in [5.74, 6) is 1.43. The summed E-state index contributed by atoms with van der Waals surface area (Å²) in [5, 5.41) is 7.67. The molecule has 0 amide bonds. The summed E-state index contributed by atoms with van der Waals surface area (Å²) in [7, 11) is -3.64. The third kappa shape index (κ3) is 3.45. The highest BCUT2D eigenvalue weighted by molar-refractivity contribution is 7.89. The van der Waals surface area contributed by atoms with Gasteiger partial charge in [0.25, 0.3) is 0 Å². The number of piperidine rings is 1. The molecular formula is C17H19N3O5S. The van der Waals surface area contributed by atoms with Crippen LogP contribution in [0.1, 0.15) is 12.8 Å². The quantitative estimate of drug-likeness (QED) is 0.797. The predicted molar refractivity (Wildman–Crippen MR) is 91.9 cm³/mol. The van der Waals surface area contributed by atoms with E-state index in [0.717, 1.165) is 6.42 Å². The van der Waals surface area contributed by atoms with E-state index >= 15 is 0 Å². The maximum absolute atomic E-state index is 13.0. The lowest BCUT2D eigenvalue weighted by Gasteiger charge is -2.32. The van der Waals surface area contributed by atoms with Crippen LogP contribution in [0.5, 0.6) is 17.4 Å². The number of nitrogens with zero attached hydrogens (tertiary/aromatic N) is 3. The van der Waals surface area contributed by atoms with Crippen LogP contribution in [0.4, 0.5) is 0 Å². The van der Waals surface area contributed by atoms with E-state index in [1.54, 1.807) is 30.5 Å². The Kier molecular flexibility index (Phi) is 4.64. The standard InChI is InChI=1S/C17H19N3O5S/c21-26(22,14-5-6-15-16(11-14)24-10-9-23-15)20-8-2-3-13(12-20)25-17-4-1-7-18-19-17/h1,4-7,11,13H,2-3,8-10,12H2. The minimum Gasteiger partial charge on any atom is -0.486 e. The predicted octanol–water partition coefficient (Wildman–Crippen LogP) is 1.48. The molecule has 2 aliphatic heterocycles. The van der Waals surface area contributed by atoms with Crippen LogP contribution in [0, 0.1) is 0 Å². The average Bonchev–Trinajstić information content (AvgIpc) is 2.68. The third-order valence-corrected chi connectivity index (χ3v) is 6.19. The number of aromatic nitrogens is 2. The Hall–Kier alpha value is -2.39. The highest BCUT2D eigenvalue weighted by atomic mass is 32.2. The first-order valence-corrected chi connectivity index (χ1v) is 9.91. The smallest absolute Gasteiger partial charge is 0.243 e. The van der Waals surface area contributed by atoms with Gasteiger partial charge in [0.15, 0.2) is 11.5 Å². The van der Waals surface area contributed by atoms with Crippen molar-refractivity contribution in [2.24, 2.45) is 0 Å². The van der Waals surface area contributed by atoms with E-state index in [0.29, 0.717) is 43.6 Å². The number of fused-ring (bicyclic) bond motifs is 1. The van der Waals surface area contributed by atoms with Crippen LogP contribution in [0.15, 0.2) is 41.4 Å². The zero-order chi connectivity index (χ0) is 18.0. The Morgan fingerprint density at radius 3 is 2.81 bits per heavy atom. The van der Waals surface area contributed by atoms with E-state index in [1.165, 1.54) is 10.4 Å². The van der Waals surface area contributed by atoms with Gasteiger partial charge < -0.3 is 14.2 Å². The topological polar surface area (TPSA) is 90.9 Å². The largest absolute Gasteiger partial charge is 0.486 e. The second-order valence-corrected chi connectivity index (χ2v) is 8.05. The highest BCUT2D eigenvalue weighted by Gasteiger charge is 2.32.